The molecule has 0 saturated carbocycles. The van der Waals surface area contributed by atoms with Crippen molar-refractivity contribution in [1.29, 1.82) is 0 Å². The fourth-order valence-electron chi connectivity index (χ4n) is 5.58. The average molecular weight is 565 g/mol. The van der Waals surface area contributed by atoms with E-state index < -0.39 is 0 Å². The molecule has 8 heteroatoms. The third-order valence-corrected chi connectivity index (χ3v) is 7.78. The average Bonchev–Trinajstić information content (AvgIpc) is 3.31. The van der Waals surface area contributed by atoms with E-state index in [-0.39, 0.29) is 18.0 Å². The van der Waals surface area contributed by atoms with Crippen molar-refractivity contribution in [3.05, 3.63) is 95.7 Å². The Morgan fingerprint density at radius 1 is 0.976 bits per heavy atom. The zero-order valence-corrected chi connectivity index (χ0v) is 24.3. The number of amides is 3. The molecule has 3 amide bonds. The number of rotatable bonds is 7. The molecule has 0 spiro atoms. The van der Waals surface area contributed by atoms with Crippen LogP contribution < -0.4 is 14.8 Å². The Bertz CT molecular complexity index is 1500. The fourth-order valence-corrected chi connectivity index (χ4v) is 5.58. The van der Waals surface area contributed by atoms with Crippen LogP contribution in [0.15, 0.2) is 84.1 Å². The lowest BCUT2D eigenvalue weighted by Crippen LogP contribution is -2.48. The van der Waals surface area contributed by atoms with E-state index in [0.29, 0.717) is 30.0 Å². The first-order valence-electron chi connectivity index (χ1n) is 14.2. The smallest absolute Gasteiger partial charge is 0.345 e. The summed E-state index contributed by atoms with van der Waals surface area (Å²) in [5.41, 5.74) is 5.23. The Balaban J connectivity index is 1.40. The van der Waals surface area contributed by atoms with Gasteiger partial charge in [0.05, 0.1) is 19.8 Å². The highest BCUT2D eigenvalue weighted by molar-refractivity contribution is 5.96. The molecule has 3 aromatic rings. The van der Waals surface area contributed by atoms with Gasteiger partial charge in [-0.2, -0.15) is 5.01 Å². The van der Waals surface area contributed by atoms with E-state index in [1.807, 2.05) is 59.6 Å². The summed E-state index contributed by atoms with van der Waals surface area (Å²) in [5.74, 6) is 3.78. The predicted molar refractivity (Wildman–Crippen MR) is 165 cm³/mol. The number of hydrazone groups is 1. The number of nitrogens with one attached hydrogen (secondary N) is 1. The van der Waals surface area contributed by atoms with E-state index in [0.717, 1.165) is 47.9 Å². The number of ether oxygens (including phenoxy) is 2. The van der Waals surface area contributed by atoms with Crippen LogP contribution in [0.5, 0.6) is 11.5 Å². The molecular formula is C34H36N4O4. The summed E-state index contributed by atoms with van der Waals surface area (Å²) >= 11 is 0. The Labute approximate surface area is 246 Å². The van der Waals surface area contributed by atoms with Crippen LogP contribution in [-0.4, -0.2) is 61.6 Å². The Kier molecular flexibility index (Phi) is 9.05. The normalized spacial score (nSPS) is 16.5. The van der Waals surface area contributed by atoms with Crippen LogP contribution >= 0.6 is 0 Å². The number of methoxy groups -OCH3 is 2. The molecule has 8 nitrogen and oxygen atoms in total. The first-order valence-corrected chi connectivity index (χ1v) is 14.2. The van der Waals surface area contributed by atoms with Crippen LogP contribution in [0.2, 0.25) is 0 Å². The second-order valence-corrected chi connectivity index (χ2v) is 10.4. The molecule has 1 unspecified atom stereocenters. The van der Waals surface area contributed by atoms with Gasteiger partial charge >= 0.3 is 6.03 Å². The number of urea groups is 1. The van der Waals surface area contributed by atoms with Gasteiger partial charge in [-0.15, -0.1) is 5.10 Å². The van der Waals surface area contributed by atoms with E-state index in [1.54, 1.807) is 33.4 Å². The van der Waals surface area contributed by atoms with E-state index in [4.69, 9.17) is 9.47 Å². The molecule has 0 bridgehead atoms. The lowest BCUT2D eigenvalue weighted by atomic mass is 9.96. The van der Waals surface area contributed by atoms with Crippen molar-refractivity contribution in [3.8, 4) is 22.6 Å². The third-order valence-electron chi connectivity index (χ3n) is 7.78. The van der Waals surface area contributed by atoms with Gasteiger partial charge < -0.3 is 19.7 Å². The number of hydrogen-bond acceptors (Lipinski definition) is 5. The third kappa shape index (κ3) is 6.24. The SMILES string of the molecule is CNC(=O)c1cc(OC)c(-c2ccc(C3=CN(C(=O)N4CCCCC4Cc4ccccc4)N=C=CC3)cc2)c(OC)c1. The summed E-state index contributed by atoms with van der Waals surface area (Å²) < 4.78 is 11.3. The second-order valence-electron chi connectivity index (χ2n) is 10.4. The van der Waals surface area contributed by atoms with Crippen molar-refractivity contribution in [3.63, 3.8) is 0 Å². The number of benzene rings is 3. The van der Waals surface area contributed by atoms with Gasteiger partial charge in [-0.3, -0.25) is 4.79 Å². The Morgan fingerprint density at radius 3 is 2.33 bits per heavy atom. The van der Waals surface area contributed by atoms with Gasteiger partial charge in [0.2, 0.25) is 0 Å². The molecule has 0 aromatic heterocycles. The summed E-state index contributed by atoms with van der Waals surface area (Å²) in [7, 11) is 4.73. The number of nitrogens with zero attached hydrogens (tertiary/aromatic N) is 3. The van der Waals surface area contributed by atoms with E-state index in [2.05, 4.69) is 28.4 Å². The van der Waals surface area contributed by atoms with Crippen LogP contribution in [0.25, 0.3) is 16.7 Å². The van der Waals surface area contributed by atoms with Gasteiger partial charge in [-0.25, -0.2) is 4.79 Å². The summed E-state index contributed by atoms with van der Waals surface area (Å²) in [6.07, 6.45) is 8.16. The minimum absolute atomic E-state index is 0.127. The molecule has 2 aliphatic heterocycles. The first-order chi connectivity index (χ1) is 20.5. The summed E-state index contributed by atoms with van der Waals surface area (Å²) in [6, 6.07) is 21.7. The molecule has 5 rings (SSSR count). The lowest BCUT2D eigenvalue weighted by Gasteiger charge is -2.37. The maximum atomic E-state index is 13.8. The van der Waals surface area contributed by atoms with Crippen molar-refractivity contribution in [2.45, 2.75) is 38.1 Å². The monoisotopic (exact) mass is 564 g/mol. The van der Waals surface area contributed by atoms with Crippen LogP contribution in [0, 0.1) is 0 Å². The highest BCUT2D eigenvalue weighted by atomic mass is 16.5. The number of hydrogen-bond donors (Lipinski definition) is 1. The summed E-state index contributed by atoms with van der Waals surface area (Å²) in [5, 5.41) is 8.41. The van der Waals surface area contributed by atoms with Crippen molar-refractivity contribution in [1.82, 2.24) is 15.2 Å². The van der Waals surface area contributed by atoms with E-state index in [9.17, 15) is 9.59 Å². The molecule has 2 heterocycles. The first kappa shape index (κ1) is 28.7. The second kappa shape index (κ2) is 13.2. The van der Waals surface area contributed by atoms with Crippen molar-refractivity contribution >= 4 is 23.4 Å². The van der Waals surface area contributed by atoms with Crippen LogP contribution in [-0.2, 0) is 6.42 Å². The van der Waals surface area contributed by atoms with E-state index in [1.165, 1.54) is 10.6 Å². The Morgan fingerprint density at radius 2 is 1.67 bits per heavy atom. The van der Waals surface area contributed by atoms with Gasteiger partial charge in [0.25, 0.3) is 5.91 Å². The van der Waals surface area contributed by atoms with E-state index >= 15 is 0 Å². The fraction of sp³-hybridized carbons (Fsp3) is 0.294. The maximum absolute atomic E-state index is 13.8. The molecule has 0 radical (unpaired) electrons. The Hall–Kier alpha value is -4.81. The topological polar surface area (TPSA) is 83.5 Å². The zero-order chi connectivity index (χ0) is 29.5. The van der Waals surface area contributed by atoms with Crippen LogP contribution in [0.3, 0.4) is 0 Å². The summed E-state index contributed by atoms with van der Waals surface area (Å²) in [6.45, 7) is 0.715. The molecule has 2 aliphatic rings. The molecule has 216 valence electrons. The highest BCUT2D eigenvalue weighted by Crippen LogP contribution is 2.40. The van der Waals surface area contributed by atoms with Crippen LogP contribution in [0.4, 0.5) is 4.79 Å². The van der Waals surface area contributed by atoms with Gasteiger partial charge in [-0.05, 0) is 66.2 Å². The quantitative estimate of drug-likeness (QED) is 0.374. The predicted octanol–water partition coefficient (Wildman–Crippen LogP) is 6.14. The minimum atomic E-state index is -0.223. The molecule has 42 heavy (non-hydrogen) atoms. The molecule has 3 aromatic carbocycles. The van der Waals surface area contributed by atoms with Gasteiger partial charge in [0.15, 0.2) is 0 Å². The zero-order valence-electron chi connectivity index (χ0n) is 24.3. The molecule has 1 N–H and O–H groups in total. The number of piperidine rings is 1. The number of carbonyl (C=O) groups excluding carboxylic acids is 2. The van der Waals surface area contributed by atoms with Crippen molar-refractivity contribution in [2.24, 2.45) is 5.10 Å². The van der Waals surface area contributed by atoms with Gasteiger partial charge in [0.1, 0.15) is 11.5 Å². The summed E-state index contributed by atoms with van der Waals surface area (Å²) in [4.78, 5) is 28.0. The van der Waals surface area contributed by atoms with Crippen LogP contribution in [0.1, 0.15) is 47.2 Å². The minimum Gasteiger partial charge on any atom is -0.496 e. The number of carbonyl (C=O) groups is 2. The molecule has 1 atom stereocenters. The molecular weight excluding hydrogens is 528 g/mol. The molecule has 1 fully saturated rings. The van der Waals surface area contributed by atoms with Gasteiger partial charge in [0, 0.05) is 43.7 Å². The molecule has 0 aliphatic carbocycles. The molecule has 1 saturated heterocycles. The number of allylic oxidation sites excluding steroid dienone is 2. The largest absolute Gasteiger partial charge is 0.496 e. The van der Waals surface area contributed by atoms with Crippen molar-refractivity contribution < 1.29 is 19.1 Å². The van der Waals surface area contributed by atoms with Crippen molar-refractivity contribution in [2.75, 3.05) is 27.8 Å². The standard InChI is InChI=1S/C34H36N4O4/c1-35-33(39)28-21-30(41-2)32(31(22-28)42-3)26-16-14-25(15-17-26)27-12-9-18-36-38(23-27)34(40)37-19-8-7-13-29(37)20-24-10-5-4-6-11-24/h4-6,9-11,14-17,21-23,29H,7-8,12-13,19-20H2,1-3H3,(H,35,39). The van der Waals surface area contributed by atoms with Gasteiger partial charge in [-0.1, -0.05) is 54.6 Å². The maximum Gasteiger partial charge on any atom is 0.345 e. The number of likely N-dealkylation sites (tertiary alicyclic amines) is 1. The lowest BCUT2D eigenvalue weighted by molar-refractivity contribution is 0.0962. The highest BCUT2D eigenvalue weighted by Gasteiger charge is 2.30.